The fraction of sp³-hybridized carbons (Fsp3) is 0.115. The smallest absolute Gasteiger partial charge is 0.363 e. The molecule has 1 heterocycles. The second-order valence-electron chi connectivity index (χ2n) is 7.55. The van der Waals surface area contributed by atoms with Crippen molar-refractivity contribution in [1.29, 1.82) is 0 Å². The molecule has 1 amide bonds. The summed E-state index contributed by atoms with van der Waals surface area (Å²) in [5.41, 5.74) is 2.64. The summed E-state index contributed by atoms with van der Waals surface area (Å²) in [6.07, 6.45) is 1.57. The van der Waals surface area contributed by atoms with Crippen LogP contribution in [0.15, 0.2) is 75.8 Å². The number of benzene rings is 3. The van der Waals surface area contributed by atoms with Gasteiger partial charge >= 0.3 is 5.97 Å². The standard InChI is InChI=1S/C26H20BrFN2O5/c1-15(31)29-20-8-6-18(7-9-20)25-30-22(26(32)35-25)12-17-11-21(27)24(23(13-17)33-2)34-14-16-4-3-5-19(28)10-16/h3-13H,14H2,1-2H3,(H,29,31)/b22-12-. The Morgan fingerprint density at radius 1 is 1.17 bits per heavy atom. The maximum absolute atomic E-state index is 13.4. The highest BCUT2D eigenvalue weighted by Gasteiger charge is 2.24. The molecule has 4 rings (SSSR count). The molecule has 7 nitrogen and oxygen atoms in total. The minimum atomic E-state index is -0.590. The van der Waals surface area contributed by atoms with Crippen LogP contribution < -0.4 is 14.8 Å². The summed E-state index contributed by atoms with van der Waals surface area (Å²) in [6, 6.07) is 16.4. The quantitative estimate of drug-likeness (QED) is 0.318. The SMILES string of the molecule is COc1cc(/C=C2\N=C(c3ccc(NC(C)=O)cc3)OC2=O)cc(Br)c1OCc1cccc(F)c1. The lowest BCUT2D eigenvalue weighted by molar-refractivity contribution is -0.129. The zero-order valence-corrected chi connectivity index (χ0v) is 20.4. The van der Waals surface area contributed by atoms with Crippen LogP contribution in [0.2, 0.25) is 0 Å². The van der Waals surface area contributed by atoms with Gasteiger partial charge in [-0.15, -0.1) is 0 Å². The van der Waals surface area contributed by atoms with E-state index in [4.69, 9.17) is 14.2 Å². The maximum Gasteiger partial charge on any atom is 0.363 e. The van der Waals surface area contributed by atoms with Gasteiger partial charge in [0.1, 0.15) is 12.4 Å². The molecule has 0 atom stereocenters. The van der Waals surface area contributed by atoms with Crippen LogP contribution in [0, 0.1) is 5.82 Å². The molecule has 0 unspecified atom stereocenters. The zero-order valence-electron chi connectivity index (χ0n) is 18.8. The Bertz CT molecular complexity index is 1350. The van der Waals surface area contributed by atoms with Gasteiger partial charge in [-0.2, -0.15) is 0 Å². The van der Waals surface area contributed by atoms with Crippen LogP contribution in [0.1, 0.15) is 23.6 Å². The average molecular weight is 539 g/mol. The van der Waals surface area contributed by atoms with Crippen molar-refractivity contribution in [2.75, 3.05) is 12.4 Å². The molecule has 0 radical (unpaired) electrons. The third-order valence-electron chi connectivity index (χ3n) is 4.90. The summed E-state index contributed by atoms with van der Waals surface area (Å²) in [4.78, 5) is 27.9. The molecule has 9 heteroatoms. The number of cyclic esters (lactones) is 1. The van der Waals surface area contributed by atoms with Gasteiger partial charge < -0.3 is 19.5 Å². The first-order valence-corrected chi connectivity index (χ1v) is 11.3. The van der Waals surface area contributed by atoms with Crippen molar-refractivity contribution < 1.29 is 28.2 Å². The third kappa shape index (κ3) is 5.93. The van der Waals surface area contributed by atoms with Gasteiger partial charge in [0.25, 0.3) is 0 Å². The van der Waals surface area contributed by atoms with E-state index in [1.165, 1.54) is 26.2 Å². The van der Waals surface area contributed by atoms with Crippen LogP contribution in [0.25, 0.3) is 6.08 Å². The Morgan fingerprint density at radius 2 is 1.94 bits per heavy atom. The van der Waals surface area contributed by atoms with E-state index in [0.29, 0.717) is 38.3 Å². The summed E-state index contributed by atoms with van der Waals surface area (Å²) < 4.78 is 30.6. The van der Waals surface area contributed by atoms with E-state index in [1.54, 1.807) is 54.6 Å². The monoisotopic (exact) mass is 538 g/mol. The Morgan fingerprint density at radius 3 is 2.63 bits per heavy atom. The molecule has 0 saturated carbocycles. The second-order valence-corrected chi connectivity index (χ2v) is 8.40. The summed E-state index contributed by atoms with van der Waals surface area (Å²) in [6.45, 7) is 1.57. The van der Waals surface area contributed by atoms with Crippen LogP contribution in [0.3, 0.4) is 0 Å². The van der Waals surface area contributed by atoms with Gasteiger partial charge in [0.05, 0.1) is 11.6 Å². The number of ether oxygens (including phenoxy) is 3. The van der Waals surface area contributed by atoms with Crippen LogP contribution in [0.4, 0.5) is 10.1 Å². The number of nitrogens with one attached hydrogen (secondary N) is 1. The van der Waals surface area contributed by atoms with Crippen molar-refractivity contribution in [3.8, 4) is 11.5 Å². The van der Waals surface area contributed by atoms with Gasteiger partial charge in [0.2, 0.25) is 11.8 Å². The highest BCUT2D eigenvalue weighted by Crippen LogP contribution is 2.38. The van der Waals surface area contributed by atoms with Gasteiger partial charge in [-0.25, -0.2) is 14.2 Å². The first kappa shape index (κ1) is 24.2. The Labute approximate surface area is 209 Å². The predicted octanol–water partition coefficient (Wildman–Crippen LogP) is 5.48. The molecule has 178 valence electrons. The number of hydrogen-bond donors (Lipinski definition) is 1. The van der Waals surface area contributed by atoms with Crippen molar-refractivity contribution in [2.24, 2.45) is 4.99 Å². The number of rotatable bonds is 7. The van der Waals surface area contributed by atoms with Crippen molar-refractivity contribution in [3.05, 3.63) is 93.3 Å². The highest BCUT2D eigenvalue weighted by molar-refractivity contribution is 9.10. The normalized spacial score (nSPS) is 13.9. The number of carbonyl (C=O) groups is 2. The lowest BCUT2D eigenvalue weighted by Crippen LogP contribution is -2.07. The molecule has 3 aromatic rings. The molecule has 3 aromatic carbocycles. The van der Waals surface area contributed by atoms with Crippen molar-refractivity contribution in [3.63, 3.8) is 0 Å². The number of halogens is 2. The molecule has 1 aliphatic rings. The summed E-state index contributed by atoms with van der Waals surface area (Å²) in [5.74, 6) is -0.0852. The molecule has 35 heavy (non-hydrogen) atoms. The zero-order chi connectivity index (χ0) is 24.9. The molecule has 1 aliphatic heterocycles. The Hall–Kier alpha value is -3.98. The number of esters is 1. The molecule has 0 bridgehead atoms. The lowest BCUT2D eigenvalue weighted by Gasteiger charge is -2.13. The summed E-state index contributed by atoms with van der Waals surface area (Å²) in [7, 11) is 1.50. The van der Waals surface area contributed by atoms with Gasteiger partial charge in [-0.3, -0.25) is 4.79 Å². The second kappa shape index (κ2) is 10.5. The number of carbonyl (C=O) groups excluding carboxylic acids is 2. The van der Waals surface area contributed by atoms with Crippen molar-refractivity contribution in [1.82, 2.24) is 0 Å². The van der Waals surface area contributed by atoms with Crippen LogP contribution in [-0.2, 0) is 20.9 Å². The number of aliphatic imine (C=N–C) groups is 1. The van der Waals surface area contributed by atoms with E-state index in [1.807, 2.05) is 0 Å². The highest BCUT2D eigenvalue weighted by atomic mass is 79.9. The summed E-state index contributed by atoms with van der Waals surface area (Å²) in [5, 5.41) is 2.67. The number of amides is 1. The number of methoxy groups -OCH3 is 1. The molecular formula is C26H20BrFN2O5. The lowest BCUT2D eigenvalue weighted by atomic mass is 10.1. The van der Waals surface area contributed by atoms with Gasteiger partial charge in [-0.1, -0.05) is 12.1 Å². The van der Waals surface area contributed by atoms with Crippen LogP contribution in [-0.4, -0.2) is 24.9 Å². The number of anilines is 1. The van der Waals surface area contributed by atoms with Gasteiger partial charge in [-0.05, 0) is 81.7 Å². The fourth-order valence-corrected chi connectivity index (χ4v) is 3.91. The summed E-state index contributed by atoms with van der Waals surface area (Å²) >= 11 is 3.47. The van der Waals surface area contributed by atoms with E-state index < -0.39 is 5.97 Å². The number of hydrogen-bond acceptors (Lipinski definition) is 6. The molecule has 1 N–H and O–H groups in total. The molecule has 0 aromatic heterocycles. The molecule has 0 fully saturated rings. The predicted molar refractivity (Wildman–Crippen MR) is 133 cm³/mol. The van der Waals surface area contributed by atoms with Crippen LogP contribution >= 0.6 is 15.9 Å². The van der Waals surface area contributed by atoms with E-state index in [2.05, 4.69) is 26.2 Å². The largest absolute Gasteiger partial charge is 0.493 e. The third-order valence-corrected chi connectivity index (χ3v) is 5.49. The van der Waals surface area contributed by atoms with Gasteiger partial charge in [0.15, 0.2) is 17.2 Å². The van der Waals surface area contributed by atoms with E-state index in [9.17, 15) is 14.0 Å². The molecular weight excluding hydrogens is 519 g/mol. The van der Waals surface area contributed by atoms with Crippen LogP contribution in [0.5, 0.6) is 11.5 Å². The van der Waals surface area contributed by atoms with Crippen molar-refractivity contribution in [2.45, 2.75) is 13.5 Å². The van der Waals surface area contributed by atoms with E-state index in [-0.39, 0.29) is 29.9 Å². The minimum absolute atomic E-state index is 0.119. The van der Waals surface area contributed by atoms with Crippen molar-refractivity contribution >= 4 is 45.5 Å². The molecule has 0 saturated heterocycles. The fourth-order valence-electron chi connectivity index (χ4n) is 3.34. The van der Waals surface area contributed by atoms with E-state index >= 15 is 0 Å². The van der Waals surface area contributed by atoms with E-state index in [0.717, 1.165) is 0 Å². The topological polar surface area (TPSA) is 86.2 Å². The minimum Gasteiger partial charge on any atom is -0.493 e. The molecule has 0 spiro atoms. The first-order chi connectivity index (χ1) is 16.8. The number of nitrogens with zero attached hydrogens (tertiary/aromatic N) is 1. The molecule has 0 aliphatic carbocycles. The van der Waals surface area contributed by atoms with Gasteiger partial charge in [0, 0.05) is 18.2 Å². The maximum atomic E-state index is 13.4. The first-order valence-electron chi connectivity index (χ1n) is 10.5. The Kier molecular flexibility index (Phi) is 7.26. The average Bonchev–Trinajstić information content (AvgIpc) is 3.18. The Balaban J connectivity index is 1.55.